The molecule has 0 heterocycles. The highest BCUT2D eigenvalue weighted by Gasteiger charge is 2.25. The smallest absolute Gasteiger partial charge is 0.333 e. The van der Waals surface area contributed by atoms with Gasteiger partial charge in [-0.15, -0.1) is 0 Å². The van der Waals surface area contributed by atoms with Gasteiger partial charge >= 0.3 is 11.9 Å². The Labute approximate surface area is 172 Å². The third-order valence-corrected chi connectivity index (χ3v) is 4.39. The predicted octanol–water partition coefficient (Wildman–Crippen LogP) is 4.88. The van der Waals surface area contributed by atoms with Gasteiger partial charge < -0.3 is 19.3 Å². The average Bonchev–Trinajstić information content (AvgIpc) is 2.65. The summed E-state index contributed by atoms with van der Waals surface area (Å²) < 4.78 is 16.2. The molecule has 0 fully saturated rings. The lowest BCUT2D eigenvalue weighted by Crippen LogP contribution is -2.20. The summed E-state index contributed by atoms with van der Waals surface area (Å²) in [6.45, 7) is 14.3. The van der Waals surface area contributed by atoms with Crippen LogP contribution in [0.1, 0.15) is 52.2 Å². The predicted molar refractivity (Wildman–Crippen MR) is 113 cm³/mol. The zero-order chi connectivity index (χ0) is 22.3. The van der Waals surface area contributed by atoms with Crippen LogP contribution in [0.3, 0.4) is 0 Å². The third kappa shape index (κ3) is 6.24. The molecular formula is C23H30O6. The molecule has 0 radical (unpaired) electrons. The fraction of sp³-hybridized carbons (Fsp3) is 0.391. The molecule has 0 aliphatic rings. The van der Waals surface area contributed by atoms with Gasteiger partial charge in [0, 0.05) is 30.0 Å². The number of phenols is 1. The maximum atomic E-state index is 12.3. The second-order valence-corrected chi connectivity index (χ2v) is 6.93. The lowest BCUT2D eigenvalue weighted by Gasteiger charge is -2.22. The van der Waals surface area contributed by atoms with Crippen LogP contribution in [0.15, 0.2) is 35.9 Å². The van der Waals surface area contributed by atoms with Gasteiger partial charge in [0.1, 0.15) is 11.9 Å². The van der Waals surface area contributed by atoms with E-state index in [4.69, 9.17) is 14.2 Å². The first-order valence-electron chi connectivity index (χ1n) is 9.28. The third-order valence-electron chi connectivity index (χ3n) is 4.39. The van der Waals surface area contributed by atoms with Gasteiger partial charge in [-0.05, 0) is 46.3 Å². The molecule has 1 atom stereocenters. The number of hydrogen-bond donors (Lipinski definition) is 1. The van der Waals surface area contributed by atoms with Gasteiger partial charge in [0.2, 0.25) is 0 Å². The first-order valence-corrected chi connectivity index (χ1v) is 9.28. The Hall–Kier alpha value is -3.02. The molecule has 0 amide bonds. The summed E-state index contributed by atoms with van der Waals surface area (Å²) in [4.78, 5) is 23.8. The SMILES string of the molecule is C=C(c1cc(OC(C)=O)c(C)c(OC)c1O)[C@H](CC=C(C)C)OC(=O)/C(C)=C\C. The van der Waals surface area contributed by atoms with Crippen molar-refractivity contribution in [1.82, 2.24) is 0 Å². The summed E-state index contributed by atoms with van der Waals surface area (Å²) in [5.41, 5.74) is 2.63. The Morgan fingerprint density at radius 2 is 1.86 bits per heavy atom. The van der Waals surface area contributed by atoms with Crippen molar-refractivity contribution in [3.05, 3.63) is 47.1 Å². The van der Waals surface area contributed by atoms with Gasteiger partial charge in [-0.3, -0.25) is 4.79 Å². The number of esters is 2. The van der Waals surface area contributed by atoms with E-state index in [0.717, 1.165) is 5.57 Å². The molecular weight excluding hydrogens is 372 g/mol. The van der Waals surface area contributed by atoms with E-state index in [0.29, 0.717) is 23.1 Å². The second-order valence-electron chi connectivity index (χ2n) is 6.93. The van der Waals surface area contributed by atoms with Crippen LogP contribution in [0.5, 0.6) is 17.2 Å². The van der Waals surface area contributed by atoms with Gasteiger partial charge in [-0.1, -0.05) is 24.3 Å². The van der Waals surface area contributed by atoms with E-state index in [9.17, 15) is 14.7 Å². The van der Waals surface area contributed by atoms with Crippen molar-refractivity contribution in [2.75, 3.05) is 7.11 Å². The molecule has 0 bridgehead atoms. The van der Waals surface area contributed by atoms with E-state index in [-0.39, 0.29) is 22.8 Å². The molecule has 0 aliphatic heterocycles. The zero-order valence-electron chi connectivity index (χ0n) is 18.2. The highest BCUT2D eigenvalue weighted by atomic mass is 16.5. The van der Waals surface area contributed by atoms with Crippen molar-refractivity contribution in [3.8, 4) is 17.2 Å². The molecule has 6 heteroatoms. The van der Waals surface area contributed by atoms with Crippen molar-refractivity contribution < 1.29 is 28.9 Å². The number of benzene rings is 1. The highest BCUT2D eigenvalue weighted by molar-refractivity contribution is 5.89. The maximum Gasteiger partial charge on any atom is 0.333 e. The fourth-order valence-electron chi connectivity index (χ4n) is 2.59. The lowest BCUT2D eigenvalue weighted by atomic mass is 9.96. The molecule has 0 aliphatic carbocycles. The molecule has 158 valence electrons. The van der Waals surface area contributed by atoms with Crippen molar-refractivity contribution in [1.29, 1.82) is 0 Å². The van der Waals surface area contributed by atoms with Crippen molar-refractivity contribution in [2.24, 2.45) is 0 Å². The molecule has 0 unspecified atom stereocenters. The molecule has 1 aromatic carbocycles. The number of aromatic hydroxyl groups is 1. The minimum atomic E-state index is -0.726. The van der Waals surface area contributed by atoms with Crippen LogP contribution in [0, 0.1) is 6.92 Å². The Kier molecular flexibility index (Phi) is 8.70. The molecule has 1 aromatic rings. The van der Waals surface area contributed by atoms with Crippen LogP contribution in [0.25, 0.3) is 5.57 Å². The zero-order valence-corrected chi connectivity index (χ0v) is 18.2. The summed E-state index contributed by atoms with van der Waals surface area (Å²) in [6.07, 6.45) is 3.23. The monoisotopic (exact) mass is 402 g/mol. The lowest BCUT2D eigenvalue weighted by molar-refractivity contribution is -0.141. The molecule has 6 nitrogen and oxygen atoms in total. The van der Waals surface area contributed by atoms with Crippen LogP contribution in [-0.4, -0.2) is 30.3 Å². The minimum absolute atomic E-state index is 0.160. The summed E-state index contributed by atoms with van der Waals surface area (Å²) in [5, 5.41) is 10.7. The van der Waals surface area contributed by atoms with Gasteiger partial charge in [0.05, 0.1) is 7.11 Å². The van der Waals surface area contributed by atoms with Crippen LogP contribution >= 0.6 is 0 Å². The largest absolute Gasteiger partial charge is 0.504 e. The first kappa shape index (κ1) is 24.0. The van der Waals surface area contributed by atoms with E-state index in [1.54, 1.807) is 26.8 Å². The maximum absolute atomic E-state index is 12.3. The Balaban J connectivity index is 3.48. The van der Waals surface area contributed by atoms with Gasteiger partial charge in [0.15, 0.2) is 11.5 Å². The Morgan fingerprint density at radius 3 is 2.34 bits per heavy atom. The van der Waals surface area contributed by atoms with E-state index in [1.165, 1.54) is 20.1 Å². The van der Waals surface area contributed by atoms with Gasteiger partial charge in [-0.2, -0.15) is 0 Å². The summed E-state index contributed by atoms with van der Waals surface area (Å²) in [5.74, 6) is -0.739. The summed E-state index contributed by atoms with van der Waals surface area (Å²) in [6, 6.07) is 1.50. The van der Waals surface area contributed by atoms with Crippen molar-refractivity contribution in [2.45, 2.75) is 54.1 Å². The first-order chi connectivity index (χ1) is 13.5. The van der Waals surface area contributed by atoms with Crippen LogP contribution < -0.4 is 9.47 Å². The minimum Gasteiger partial charge on any atom is -0.504 e. The second kappa shape index (κ2) is 10.5. The number of allylic oxidation sites excluding steroid dienone is 2. The molecule has 0 spiro atoms. The Morgan fingerprint density at radius 1 is 1.24 bits per heavy atom. The molecule has 1 N–H and O–H groups in total. The number of methoxy groups -OCH3 is 1. The number of carbonyl (C=O) groups excluding carboxylic acids is 2. The number of phenolic OH excluding ortho intramolecular Hbond substituents is 1. The summed E-state index contributed by atoms with van der Waals surface area (Å²) >= 11 is 0. The quantitative estimate of drug-likeness (QED) is 0.289. The molecule has 0 saturated heterocycles. The van der Waals surface area contributed by atoms with Gasteiger partial charge in [0.25, 0.3) is 0 Å². The molecule has 29 heavy (non-hydrogen) atoms. The topological polar surface area (TPSA) is 82.1 Å². The standard InChI is InChI=1S/C23H30O6/c1-9-14(4)23(26)29-19(11-10-13(2)3)15(5)18-12-20(28-17(7)24)16(6)22(27-8)21(18)25/h9-10,12,19,25H,5,11H2,1-4,6-8H3/b14-9-/t19-/m0/s1. The average molecular weight is 402 g/mol. The van der Waals surface area contributed by atoms with Crippen LogP contribution in [0.2, 0.25) is 0 Å². The number of carbonyl (C=O) groups is 2. The van der Waals surface area contributed by atoms with Crippen LogP contribution in [0.4, 0.5) is 0 Å². The van der Waals surface area contributed by atoms with E-state index in [2.05, 4.69) is 6.58 Å². The fourth-order valence-corrected chi connectivity index (χ4v) is 2.59. The normalized spacial score (nSPS) is 12.0. The molecule has 1 rings (SSSR count). The number of ether oxygens (including phenoxy) is 3. The molecule has 0 saturated carbocycles. The van der Waals surface area contributed by atoms with Crippen molar-refractivity contribution >= 4 is 17.5 Å². The van der Waals surface area contributed by atoms with E-state index < -0.39 is 18.0 Å². The van der Waals surface area contributed by atoms with Gasteiger partial charge in [-0.25, -0.2) is 4.79 Å². The number of rotatable bonds is 8. The molecule has 0 aromatic heterocycles. The van der Waals surface area contributed by atoms with Crippen LogP contribution in [-0.2, 0) is 14.3 Å². The highest BCUT2D eigenvalue weighted by Crippen LogP contribution is 2.43. The van der Waals surface area contributed by atoms with E-state index in [1.807, 2.05) is 19.9 Å². The van der Waals surface area contributed by atoms with Crippen molar-refractivity contribution in [3.63, 3.8) is 0 Å². The summed E-state index contributed by atoms with van der Waals surface area (Å²) in [7, 11) is 1.40. The van der Waals surface area contributed by atoms with E-state index >= 15 is 0 Å². The Bertz CT molecular complexity index is 857. The number of hydrogen-bond acceptors (Lipinski definition) is 6.